The van der Waals surface area contributed by atoms with Gasteiger partial charge in [-0.05, 0) is 30.5 Å². The fourth-order valence-corrected chi connectivity index (χ4v) is 2.50. The molecule has 0 aliphatic rings. The Morgan fingerprint density at radius 3 is 2.80 bits per heavy atom. The lowest BCUT2D eigenvalue weighted by Crippen LogP contribution is -2.18. The van der Waals surface area contributed by atoms with Crippen molar-refractivity contribution in [2.24, 2.45) is 5.73 Å². The highest BCUT2D eigenvalue weighted by Gasteiger charge is 2.20. The van der Waals surface area contributed by atoms with Crippen LogP contribution in [0.3, 0.4) is 0 Å². The molecule has 0 fully saturated rings. The summed E-state index contributed by atoms with van der Waals surface area (Å²) in [5.74, 6) is 0.742. The number of aromatic nitrogens is 2. The molecule has 108 valence electrons. The Hall–Kier alpha value is -1.33. The number of hydrogen-bond donors (Lipinski definition) is 1. The van der Waals surface area contributed by atoms with Crippen LogP contribution in [0.2, 0.25) is 0 Å². The molecule has 0 aliphatic heterocycles. The number of ether oxygens (including phenoxy) is 1. The molecule has 1 heterocycles. The summed E-state index contributed by atoms with van der Waals surface area (Å²) in [5.41, 5.74) is 9.58. The molecule has 0 radical (unpaired) electrons. The highest BCUT2D eigenvalue weighted by molar-refractivity contribution is 9.10. The van der Waals surface area contributed by atoms with Crippen LogP contribution in [0.15, 0.2) is 28.9 Å². The number of halogens is 1. The molecule has 5 heteroatoms. The van der Waals surface area contributed by atoms with Gasteiger partial charge in [-0.2, -0.15) is 5.10 Å². The smallest absolute Gasteiger partial charge is 0.161 e. The van der Waals surface area contributed by atoms with Crippen molar-refractivity contribution in [1.82, 2.24) is 9.78 Å². The molecule has 0 amide bonds. The molecular formula is C15H20BrN3O. The molecule has 0 spiro atoms. The van der Waals surface area contributed by atoms with Gasteiger partial charge >= 0.3 is 0 Å². The van der Waals surface area contributed by atoms with E-state index in [4.69, 9.17) is 10.5 Å². The maximum Gasteiger partial charge on any atom is 0.161 e. The molecule has 0 saturated carbocycles. The normalized spacial score (nSPS) is 12.4. The van der Waals surface area contributed by atoms with Gasteiger partial charge < -0.3 is 10.5 Å². The van der Waals surface area contributed by atoms with Gasteiger partial charge in [-0.3, -0.25) is 4.68 Å². The summed E-state index contributed by atoms with van der Waals surface area (Å²) in [6, 6.07) is 5.91. The summed E-state index contributed by atoms with van der Waals surface area (Å²) in [4.78, 5) is 0. The minimum absolute atomic E-state index is 0.245. The lowest BCUT2D eigenvalue weighted by atomic mass is 10.0. The standard InChI is InChI=1S/C15H20BrN3O/c1-4-7-19-15(13(20-3)9-18-19)14(17)11-5-6-12(16)10(2)8-11/h5-6,8-9,14H,4,7,17H2,1-3H3. The number of methoxy groups -OCH3 is 1. The highest BCUT2D eigenvalue weighted by atomic mass is 79.9. The summed E-state index contributed by atoms with van der Waals surface area (Å²) in [7, 11) is 1.65. The first kappa shape index (κ1) is 15.1. The third-order valence-electron chi connectivity index (χ3n) is 3.34. The zero-order valence-electron chi connectivity index (χ0n) is 12.1. The molecular weight excluding hydrogens is 318 g/mol. The summed E-state index contributed by atoms with van der Waals surface area (Å²) < 4.78 is 8.41. The number of benzene rings is 1. The van der Waals surface area contributed by atoms with E-state index in [1.807, 2.05) is 16.8 Å². The predicted molar refractivity (Wildman–Crippen MR) is 84.0 cm³/mol. The van der Waals surface area contributed by atoms with Crippen LogP contribution in [0.1, 0.15) is 36.2 Å². The molecule has 4 nitrogen and oxygen atoms in total. The van der Waals surface area contributed by atoms with Gasteiger partial charge in [-0.1, -0.05) is 35.0 Å². The molecule has 1 aromatic carbocycles. The Morgan fingerprint density at radius 2 is 2.20 bits per heavy atom. The number of nitrogens with two attached hydrogens (primary N) is 1. The van der Waals surface area contributed by atoms with Crippen molar-refractivity contribution in [3.05, 3.63) is 45.7 Å². The zero-order valence-corrected chi connectivity index (χ0v) is 13.6. The first-order valence-corrected chi connectivity index (χ1v) is 7.49. The van der Waals surface area contributed by atoms with Crippen molar-refractivity contribution in [3.63, 3.8) is 0 Å². The van der Waals surface area contributed by atoms with E-state index < -0.39 is 0 Å². The van der Waals surface area contributed by atoms with Gasteiger partial charge in [-0.25, -0.2) is 0 Å². The van der Waals surface area contributed by atoms with Gasteiger partial charge in [0, 0.05) is 11.0 Å². The summed E-state index contributed by atoms with van der Waals surface area (Å²) >= 11 is 3.51. The van der Waals surface area contributed by atoms with Crippen molar-refractivity contribution >= 4 is 15.9 Å². The van der Waals surface area contributed by atoms with E-state index in [-0.39, 0.29) is 6.04 Å². The second-order valence-electron chi connectivity index (χ2n) is 4.81. The average molecular weight is 338 g/mol. The van der Waals surface area contributed by atoms with Crippen LogP contribution < -0.4 is 10.5 Å². The van der Waals surface area contributed by atoms with Crippen molar-refractivity contribution in [1.29, 1.82) is 0 Å². The molecule has 0 aliphatic carbocycles. The van der Waals surface area contributed by atoms with Gasteiger partial charge in [0.2, 0.25) is 0 Å². The Kier molecular flexibility index (Phi) is 4.83. The number of aryl methyl sites for hydroxylation is 2. The van der Waals surface area contributed by atoms with Crippen LogP contribution in [0.25, 0.3) is 0 Å². The van der Waals surface area contributed by atoms with Crippen LogP contribution in [0, 0.1) is 6.92 Å². The van der Waals surface area contributed by atoms with Gasteiger partial charge in [0.05, 0.1) is 19.3 Å². The SMILES string of the molecule is CCCn1ncc(OC)c1C(N)c1ccc(Br)c(C)c1. The molecule has 1 atom stereocenters. The molecule has 2 rings (SSSR count). The van der Waals surface area contributed by atoms with E-state index in [1.54, 1.807) is 13.3 Å². The van der Waals surface area contributed by atoms with Gasteiger partial charge in [0.25, 0.3) is 0 Å². The van der Waals surface area contributed by atoms with Gasteiger partial charge in [-0.15, -0.1) is 0 Å². The lowest BCUT2D eigenvalue weighted by molar-refractivity contribution is 0.404. The summed E-state index contributed by atoms with van der Waals surface area (Å²) in [5, 5.41) is 4.37. The third kappa shape index (κ3) is 2.88. The molecule has 20 heavy (non-hydrogen) atoms. The minimum atomic E-state index is -0.245. The highest BCUT2D eigenvalue weighted by Crippen LogP contribution is 2.30. The maximum atomic E-state index is 6.43. The van der Waals surface area contributed by atoms with Crippen LogP contribution in [-0.2, 0) is 6.54 Å². The average Bonchev–Trinajstić information content (AvgIpc) is 2.84. The van der Waals surface area contributed by atoms with E-state index in [1.165, 1.54) is 5.56 Å². The van der Waals surface area contributed by atoms with E-state index in [0.29, 0.717) is 0 Å². The quantitative estimate of drug-likeness (QED) is 0.909. The molecule has 2 N–H and O–H groups in total. The Bertz CT molecular complexity index is 595. The number of hydrogen-bond acceptors (Lipinski definition) is 3. The van der Waals surface area contributed by atoms with Crippen LogP contribution in [0.4, 0.5) is 0 Å². The first-order chi connectivity index (χ1) is 9.58. The van der Waals surface area contributed by atoms with Crippen molar-refractivity contribution < 1.29 is 4.74 Å². The fourth-order valence-electron chi connectivity index (χ4n) is 2.26. The zero-order chi connectivity index (χ0) is 14.7. The number of rotatable bonds is 5. The second-order valence-corrected chi connectivity index (χ2v) is 5.66. The van der Waals surface area contributed by atoms with Crippen LogP contribution >= 0.6 is 15.9 Å². The Balaban J connectivity index is 2.43. The molecule has 1 unspecified atom stereocenters. The van der Waals surface area contributed by atoms with E-state index in [2.05, 4.69) is 40.9 Å². The van der Waals surface area contributed by atoms with Crippen molar-refractivity contribution in [2.75, 3.05) is 7.11 Å². The van der Waals surface area contributed by atoms with E-state index in [0.717, 1.165) is 34.4 Å². The second kappa shape index (κ2) is 6.41. The minimum Gasteiger partial charge on any atom is -0.493 e. The third-order valence-corrected chi connectivity index (χ3v) is 4.23. The molecule has 0 bridgehead atoms. The maximum absolute atomic E-state index is 6.43. The summed E-state index contributed by atoms with van der Waals surface area (Å²) in [6.07, 6.45) is 2.74. The van der Waals surface area contributed by atoms with E-state index >= 15 is 0 Å². The van der Waals surface area contributed by atoms with Gasteiger partial charge in [0.15, 0.2) is 5.75 Å². The Morgan fingerprint density at radius 1 is 1.45 bits per heavy atom. The monoisotopic (exact) mass is 337 g/mol. The first-order valence-electron chi connectivity index (χ1n) is 6.69. The largest absolute Gasteiger partial charge is 0.493 e. The predicted octanol–water partition coefficient (Wildman–Crippen LogP) is 3.42. The van der Waals surface area contributed by atoms with Crippen molar-refractivity contribution in [2.45, 2.75) is 32.9 Å². The summed E-state index contributed by atoms with van der Waals surface area (Å²) in [6.45, 7) is 5.01. The van der Waals surface area contributed by atoms with E-state index in [9.17, 15) is 0 Å². The molecule has 0 saturated heterocycles. The van der Waals surface area contributed by atoms with Gasteiger partial charge in [0.1, 0.15) is 5.69 Å². The topological polar surface area (TPSA) is 53.1 Å². The van der Waals surface area contributed by atoms with Crippen LogP contribution in [0.5, 0.6) is 5.75 Å². The van der Waals surface area contributed by atoms with Crippen LogP contribution in [-0.4, -0.2) is 16.9 Å². The lowest BCUT2D eigenvalue weighted by Gasteiger charge is -2.17. The molecule has 2 aromatic rings. The van der Waals surface area contributed by atoms with Crippen molar-refractivity contribution in [3.8, 4) is 5.75 Å². The fraction of sp³-hybridized carbons (Fsp3) is 0.400. The Labute approximate surface area is 128 Å². The number of nitrogens with zero attached hydrogens (tertiary/aromatic N) is 2. The molecule has 1 aromatic heterocycles.